The molecule has 0 unspecified atom stereocenters. The SMILES string of the molecule is N#Cc1ccc(Oc2ccc([C@@]34C[C@H]5C[C@@](c6ccc(Oc7ccc([N+](=O)[O-])c(O)c7)cc6)(C3)O[C@@H](C4)O5)cc2)cc1O. The highest BCUT2D eigenvalue weighted by Gasteiger charge is 2.60. The molecule has 3 saturated heterocycles. The summed E-state index contributed by atoms with van der Waals surface area (Å²) in [5, 5.41) is 39.9. The summed E-state index contributed by atoms with van der Waals surface area (Å²) in [6.07, 6.45) is 2.90. The van der Waals surface area contributed by atoms with Crippen molar-refractivity contribution in [3.8, 4) is 40.6 Å². The third kappa shape index (κ3) is 4.78. The normalized spacial score (nSPS) is 25.2. The van der Waals surface area contributed by atoms with Crippen molar-refractivity contribution in [2.45, 2.75) is 49.1 Å². The Hall–Kier alpha value is -5.11. The number of hydrogen-bond acceptors (Lipinski definition) is 9. The van der Waals surface area contributed by atoms with Crippen LogP contribution >= 0.6 is 0 Å². The minimum absolute atomic E-state index is 0.0535. The van der Waals surface area contributed by atoms with Crippen LogP contribution in [0.1, 0.15) is 42.4 Å². The van der Waals surface area contributed by atoms with E-state index in [0.717, 1.165) is 31.2 Å². The minimum atomic E-state index is -0.651. The second-order valence-corrected chi connectivity index (χ2v) is 11.3. The van der Waals surface area contributed by atoms with Crippen LogP contribution in [0, 0.1) is 21.4 Å². The lowest BCUT2D eigenvalue weighted by atomic mass is 9.57. The first-order valence-electron chi connectivity index (χ1n) is 13.8. The van der Waals surface area contributed by atoms with E-state index in [0.29, 0.717) is 17.2 Å². The van der Waals surface area contributed by atoms with Gasteiger partial charge in [0, 0.05) is 36.5 Å². The second kappa shape index (κ2) is 10.0. The van der Waals surface area contributed by atoms with Crippen molar-refractivity contribution in [2.75, 3.05) is 0 Å². The molecule has 8 rings (SSSR count). The number of nitriles is 1. The summed E-state index contributed by atoms with van der Waals surface area (Å²) in [5.74, 6) is 1.30. The van der Waals surface area contributed by atoms with Crippen molar-refractivity contribution in [1.29, 1.82) is 5.26 Å². The second-order valence-electron chi connectivity index (χ2n) is 11.3. The van der Waals surface area contributed by atoms with Gasteiger partial charge in [-0.15, -0.1) is 0 Å². The first-order valence-corrected chi connectivity index (χ1v) is 13.8. The fourth-order valence-corrected chi connectivity index (χ4v) is 6.80. The molecule has 0 amide bonds. The van der Waals surface area contributed by atoms with Gasteiger partial charge >= 0.3 is 5.69 Å². The summed E-state index contributed by atoms with van der Waals surface area (Å²) in [6, 6.07) is 26.0. The lowest BCUT2D eigenvalue weighted by Crippen LogP contribution is -2.62. The fraction of sp³-hybridized carbons (Fsp3) is 0.242. The maximum atomic E-state index is 11.0. The number of aromatic hydroxyl groups is 2. The van der Waals surface area contributed by atoms with E-state index in [4.69, 9.17) is 24.2 Å². The zero-order chi connectivity index (χ0) is 29.8. The minimum Gasteiger partial charge on any atom is -0.506 e. The zero-order valence-corrected chi connectivity index (χ0v) is 22.8. The molecule has 10 nitrogen and oxygen atoms in total. The maximum Gasteiger partial charge on any atom is 0.310 e. The van der Waals surface area contributed by atoms with Gasteiger partial charge in [-0.2, -0.15) is 5.26 Å². The summed E-state index contributed by atoms with van der Waals surface area (Å²) in [6.45, 7) is 0. The molecule has 1 saturated carbocycles. The molecule has 216 valence electrons. The van der Waals surface area contributed by atoms with Gasteiger partial charge in [0.25, 0.3) is 0 Å². The lowest BCUT2D eigenvalue weighted by molar-refractivity contribution is -0.385. The molecule has 10 heteroatoms. The van der Waals surface area contributed by atoms with E-state index in [1.165, 1.54) is 35.9 Å². The molecule has 43 heavy (non-hydrogen) atoms. The van der Waals surface area contributed by atoms with Gasteiger partial charge in [-0.1, -0.05) is 24.3 Å². The highest BCUT2D eigenvalue weighted by atomic mass is 16.7. The third-order valence-electron chi connectivity index (χ3n) is 8.61. The Morgan fingerprint density at radius 3 is 2.00 bits per heavy atom. The van der Waals surface area contributed by atoms with E-state index in [2.05, 4.69) is 12.1 Å². The molecule has 3 aliphatic heterocycles. The van der Waals surface area contributed by atoms with Gasteiger partial charge in [-0.05, 0) is 66.4 Å². The van der Waals surface area contributed by atoms with Crippen LogP contribution in [0.4, 0.5) is 5.69 Å². The Morgan fingerprint density at radius 1 is 0.814 bits per heavy atom. The Balaban J connectivity index is 1.10. The quantitative estimate of drug-likeness (QED) is 0.176. The molecule has 4 aliphatic rings. The van der Waals surface area contributed by atoms with Crippen molar-refractivity contribution in [2.24, 2.45) is 0 Å². The summed E-state index contributed by atoms with van der Waals surface area (Å²) in [4.78, 5) is 10.3. The highest BCUT2D eigenvalue weighted by Crippen LogP contribution is 2.61. The van der Waals surface area contributed by atoms with Crippen LogP contribution in [0.2, 0.25) is 0 Å². The zero-order valence-electron chi connectivity index (χ0n) is 22.8. The van der Waals surface area contributed by atoms with Gasteiger partial charge in [0.05, 0.1) is 22.2 Å². The van der Waals surface area contributed by atoms with E-state index in [1.54, 1.807) is 6.07 Å². The van der Waals surface area contributed by atoms with Crippen molar-refractivity contribution >= 4 is 5.69 Å². The van der Waals surface area contributed by atoms with E-state index >= 15 is 0 Å². The average molecular weight is 579 g/mol. The molecule has 1 aliphatic carbocycles. The van der Waals surface area contributed by atoms with Crippen molar-refractivity contribution in [3.63, 3.8) is 0 Å². The maximum absolute atomic E-state index is 11.0. The Morgan fingerprint density at radius 2 is 1.42 bits per heavy atom. The van der Waals surface area contributed by atoms with Crippen molar-refractivity contribution in [1.82, 2.24) is 0 Å². The van der Waals surface area contributed by atoms with Crippen LogP contribution in [-0.4, -0.2) is 27.5 Å². The van der Waals surface area contributed by atoms with E-state index in [9.17, 15) is 20.3 Å². The number of rotatable bonds is 7. The van der Waals surface area contributed by atoms with Crippen LogP contribution in [-0.2, 0) is 20.5 Å². The number of benzene rings is 4. The van der Waals surface area contributed by atoms with E-state index in [-0.39, 0.29) is 40.6 Å². The molecule has 0 aromatic heterocycles. The molecule has 0 radical (unpaired) electrons. The molecule has 4 aromatic rings. The first-order chi connectivity index (χ1) is 20.7. The number of hydrogen-bond donors (Lipinski definition) is 2. The predicted octanol–water partition coefficient (Wildman–Crippen LogP) is 6.92. The largest absolute Gasteiger partial charge is 0.506 e. The molecular weight excluding hydrogens is 552 g/mol. The Kier molecular flexibility index (Phi) is 6.23. The number of phenolic OH excluding ortho intramolecular Hbond substituents is 2. The number of nitro benzene ring substituents is 1. The Bertz CT molecular complexity index is 1750. The molecular formula is C33H26N2O8. The fourth-order valence-electron chi connectivity index (χ4n) is 6.80. The first kappa shape index (κ1) is 26.8. The van der Waals surface area contributed by atoms with Gasteiger partial charge in [0.2, 0.25) is 0 Å². The molecule has 4 fully saturated rings. The molecule has 3 heterocycles. The smallest absolute Gasteiger partial charge is 0.310 e. The molecule has 2 N–H and O–H groups in total. The number of nitro groups is 1. The van der Waals surface area contributed by atoms with E-state index in [1.807, 2.05) is 42.5 Å². The third-order valence-corrected chi connectivity index (χ3v) is 8.61. The highest BCUT2D eigenvalue weighted by molar-refractivity contribution is 5.51. The van der Waals surface area contributed by atoms with Crippen LogP contribution in [0.3, 0.4) is 0 Å². The summed E-state index contributed by atoms with van der Waals surface area (Å²) >= 11 is 0. The van der Waals surface area contributed by atoms with Crippen LogP contribution < -0.4 is 9.47 Å². The molecule has 4 atom stereocenters. The summed E-state index contributed by atoms with van der Waals surface area (Å²) < 4.78 is 24.5. The monoisotopic (exact) mass is 578 g/mol. The van der Waals surface area contributed by atoms with Gasteiger partial charge in [0.1, 0.15) is 34.8 Å². The van der Waals surface area contributed by atoms with Crippen molar-refractivity contribution in [3.05, 3.63) is 112 Å². The molecule has 0 spiro atoms. The Labute approximate surface area is 246 Å². The molecule has 4 bridgehead atoms. The number of phenols is 2. The van der Waals surface area contributed by atoms with Gasteiger partial charge < -0.3 is 29.2 Å². The van der Waals surface area contributed by atoms with Gasteiger partial charge in [-0.25, -0.2) is 0 Å². The van der Waals surface area contributed by atoms with Crippen LogP contribution in [0.15, 0.2) is 84.9 Å². The topological polar surface area (TPSA) is 144 Å². The molecule has 4 aromatic carbocycles. The van der Waals surface area contributed by atoms with Crippen molar-refractivity contribution < 1.29 is 34.1 Å². The average Bonchev–Trinajstić information content (AvgIpc) is 2.97. The van der Waals surface area contributed by atoms with Crippen LogP contribution in [0.25, 0.3) is 0 Å². The number of nitrogens with zero attached hydrogens (tertiary/aromatic N) is 2. The summed E-state index contributed by atoms with van der Waals surface area (Å²) in [5.41, 5.74) is 1.35. The van der Waals surface area contributed by atoms with E-state index < -0.39 is 16.3 Å². The summed E-state index contributed by atoms with van der Waals surface area (Å²) in [7, 11) is 0. The van der Waals surface area contributed by atoms with Gasteiger partial charge in [-0.3, -0.25) is 10.1 Å². The number of ether oxygens (including phenoxy) is 4. The predicted molar refractivity (Wildman–Crippen MR) is 152 cm³/mol. The lowest BCUT2D eigenvalue weighted by Gasteiger charge is -2.61. The van der Waals surface area contributed by atoms with Gasteiger partial charge in [0.15, 0.2) is 12.0 Å². The van der Waals surface area contributed by atoms with Crippen LogP contribution in [0.5, 0.6) is 34.5 Å². The standard InChI is InChI=1S/C33H26N2O8/c34-18-20-1-6-25(13-29(20)36)40-23-7-2-21(3-8-23)32-15-27-16-33(19-32,43-31(17-32)42-27)22-4-9-24(10-5-22)41-26-11-12-28(35(38)39)30(37)14-26/h1-14,27,31,36-37H,15-17,19H2/t27-,31-,32+,33-/m0/s1.